The van der Waals surface area contributed by atoms with E-state index in [1.807, 2.05) is 0 Å². The summed E-state index contributed by atoms with van der Waals surface area (Å²) in [7, 11) is 2.25. The first-order valence-corrected chi connectivity index (χ1v) is 7.65. The number of nitro groups is 1. The normalized spacial score (nSPS) is 16.5. The molecule has 0 bridgehead atoms. The number of nitro benzene ring substituents is 1. The van der Waals surface area contributed by atoms with Crippen molar-refractivity contribution in [3.8, 4) is 0 Å². The van der Waals surface area contributed by atoms with Gasteiger partial charge in [-0.1, -0.05) is 12.1 Å². The Kier molecular flexibility index (Phi) is 5.59. The molecule has 0 aromatic heterocycles. The summed E-state index contributed by atoms with van der Waals surface area (Å²) in [5, 5.41) is 13.8. The van der Waals surface area contributed by atoms with Crippen molar-refractivity contribution < 1.29 is 28.8 Å². The molecule has 10 nitrogen and oxygen atoms in total. The van der Waals surface area contributed by atoms with Crippen LogP contribution in [0.25, 0.3) is 0 Å². The molecule has 10 heteroatoms. The monoisotopic (exact) mass is 375 g/mol. The first-order chi connectivity index (χ1) is 12.7. The predicted octanol–water partition coefficient (Wildman–Crippen LogP) is 0.641. The minimum absolute atomic E-state index is 0.00315. The van der Waals surface area contributed by atoms with Gasteiger partial charge in [-0.15, -0.1) is 0 Å². The number of esters is 2. The Morgan fingerprint density at radius 1 is 1.15 bits per heavy atom. The number of non-ortho nitro benzene ring substituents is 1. The molecule has 1 aliphatic rings. The molecule has 0 saturated heterocycles. The number of methoxy groups -OCH3 is 2. The number of nitrogens with zero attached hydrogens (tertiary/aromatic N) is 1. The lowest BCUT2D eigenvalue weighted by Crippen LogP contribution is -2.37. The van der Waals surface area contributed by atoms with E-state index in [0.717, 1.165) is 14.2 Å². The number of carbonyl (C=O) groups excluding carboxylic acids is 3. The van der Waals surface area contributed by atoms with Crippen molar-refractivity contribution >= 4 is 23.5 Å². The van der Waals surface area contributed by atoms with E-state index in [1.54, 1.807) is 0 Å². The molecule has 1 aromatic rings. The topological polar surface area (TPSA) is 151 Å². The summed E-state index contributed by atoms with van der Waals surface area (Å²) in [6.45, 7) is 1.49. The SMILES string of the molecule is COC(=O)C1=C(C)NC(C(N)=O)=C(C(=O)OC)C1c1cccc([N+](=O)[O-])c1. The highest BCUT2D eigenvalue weighted by molar-refractivity contribution is 6.07. The first-order valence-electron chi connectivity index (χ1n) is 7.65. The van der Waals surface area contributed by atoms with Crippen LogP contribution >= 0.6 is 0 Å². The van der Waals surface area contributed by atoms with Gasteiger partial charge in [0.2, 0.25) is 0 Å². The molecule has 27 heavy (non-hydrogen) atoms. The maximum absolute atomic E-state index is 12.4. The van der Waals surface area contributed by atoms with Crippen LogP contribution in [-0.2, 0) is 23.9 Å². The zero-order valence-electron chi connectivity index (χ0n) is 14.8. The van der Waals surface area contributed by atoms with Crippen molar-refractivity contribution in [1.29, 1.82) is 0 Å². The van der Waals surface area contributed by atoms with Gasteiger partial charge in [-0.25, -0.2) is 9.59 Å². The lowest BCUT2D eigenvalue weighted by Gasteiger charge is -2.29. The van der Waals surface area contributed by atoms with Gasteiger partial charge in [0.1, 0.15) is 5.70 Å². The number of nitrogens with one attached hydrogen (secondary N) is 1. The summed E-state index contributed by atoms with van der Waals surface area (Å²) in [4.78, 5) is 47.2. The van der Waals surface area contributed by atoms with Gasteiger partial charge in [0, 0.05) is 17.8 Å². The van der Waals surface area contributed by atoms with Crippen molar-refractivity contribution in [1.82, 2.24) is 5.32 Å². The second-order valence-corrected chi connectivity index (χ2v) is 5.58. The lowest BCUT2D eigenvalue weighted by molar-refractivity contribution is -0.384. The highest BCUT2D eigenvalue weighted by Gasteiger charge is 2.40. The van der Waals surface area contributed by atoms with Crippen LogP contribution in [0.5, 0.6) is 0 Å². The van der Waals surface area contributed by atoms with E-state index in [2.05, 4.69) is 5.32 Å². The summed E-state index contributed by atoms with van der Waals surface area (Å²) in [6, 6.07) is 5.35. The summed E-state index contributed by atoms with van der Waals surface area (Å²) in [5.41, 5.74) is 5.07. The van der Waals surface area contributed by atoms with Gasteiger partial charge in [0.15, 0.2) is 0 Å². The van der Waals surface area contributed by atoms with Crippen LogP contribution in [0.1, 0.15) is 18.4 Å². The molecule has 1 aromatic carbocycles. The average Bonchev–Trinajstić information content (AvgIpc) is 2.65. The zero-order valence-corrected chi connectivity index (χ0v) is 14.8. The van der Waals surface area contributed by atoms with Gasteiger partial charge < -0.3 is 20.5 Å². The number of allylic oxidation sites excluding steroid dienone is 1. The highest BCUT2D eigenvalue weighted by atomic mass is 16.6. The van der Waals surface area contributed by atoms with Crippen LogP contribution < -0.4 is 11.1 Å². The molecule has 1 unspecified atom stereocenters. The molecule has 1 atom stereocenters. The van der Waals surface area contributed by atoms with Crippen molar-refractivity contribution in [3.05, 3.63) is 62.5 Å². The Morgan fingerprint density at radius 2 is 1.74 bits per heavy atom. The lowest BCUT2D eigenvalue weighted by atomic mass is 9.80. The summed E-state index contributed by atoms with van der Waals surface area (Å²) in [6.07, 6.45) is 0. The maximum Gasteiger partial charge on any atom is 0.337 e. The van der Waals surface area contributed by atoms with Gasteiger partial charge in [-0.2, -0.15) is 0 Å². The second-order valence-electron chi connectivity index (χ2n) is 5.58. The van der Waals surface area contributed by atoms with Crippen LogP contribution in [0, 0.1) is 10.1 Å². The van der Waals surface area contributed by atoms with E-state index in [0.29, 0.717) is 0 Å². The Balaban J connectivity index is 2.83. The first kappa shape index (κ1) is 19.6. The third-order valence-corrected chi connectivity index (χ3v) is 4.03. The molecule has 0 saturated carbocycles. The van der Waals surface area contributed by atoms with E-state index in [4.69, 9.17) is 15.2 Å². The summed E-state index contributed by atoms with van der Waals surface area (Å²) in [5.74, 6) is -3.79. The molecule has 3 N–H and O–H groups in total. The molecule has 142 valence electrons. The number of benzene rings is 1. The molecule has 1 amide bonds. The fourth-order valence-electron chi connectivity index (χ4n) is 2.88. The van der Waals surface area contributed by atoms with Crippen molar-refractivity contribution in [3.63, 3.8) is 0 Å². The molecule has 0 aliphatic carbocycles. The van der Waals surface area contributed by atoms with E-state index in [9.17, 15) is 24.5 Å². The summed E-state index contributed by atoms with van der Waals surface area (Å²) >= 11 is 0. The molecule has 1 aliphatic heterocycles. The fraction of sp³-hybridized carbons (Fsp3) is 0.235. The largest absolute Gasteiger partial charge is 0.466 e. The molecular formula is C17H17N3O7. The number of rotatable bonds is 5. The van der Waals surface area contributed by atoms with Gasteiger partial charge in [-0.05, 0) is 12.5 Å². The number of dihydropyridines is 1. The van der Waals surface area contributed by atoms with E-state index in [1.165, 1.54) is 31.2 Å². The smallest absolute Gasteiger partial charge is 0.337 e. The van der Waals surface area contributed by atoms with Gasteiger partial charge >= 0.3 is 11.9 Å². The van der Waals surface area contributed by atoms with E-state index in [-0.39, 0.29) is 33.8 Å². The fourth-order valence-corrected chi connectivity index (χ4v) is 2.88. The van der Waals surface area contributed by atoms with E-state index < -0.39 is 28.7 Å². The van der Waals surface area contributed by atoms with Gasteiger partial charge in [0.25, 0.3) is 11.6 Å². The van der Waals surface area contributed by atoms with Crippen molar-refractivity contribution in [2.24, 2.45) is 5.73 Å². The third kappa shape index (κ3) is 3.64. The molecule has 1 heterocycles. The Labute approximate surface area is 153 Å². The van der Waals surface area contributed by atoms with Crippen LogP contribution in [0.3, 0.4) is 0 Å². The number of amides is 1. The van der Waals surface area contributed by atoms with Gasteiger partial charge in [-0.3, -0.25) is 14.9 Å². The van der Waals surface area contributed by atoms with Crippen LogP contribution in [0.15, 0.2) is 46.8 Å². The predicted molar refractivity (Wildman–Crippen MR) is 91.9 cm³/mol. The Morgan fingerprint density at radius 3 is 2.26 bits per heavy atom. The number of nitrogens with two attached hydrogens (primary N) is 1. The number of hydrogen-bond donors (Lipinski definition) is 2. The number of primary amides is 1. The average molecular weight is 375 g/mol. The molecule has 0 fully saturated rings. The molecule has 0 spiro atoms. The van der Waals surface area contributed by atoms with Crippen LogP contribution in [0.2, 0.25) is 0 Å². The molecule has 2 rings (SSSR count). The number of hydrogen-bond acceptors (Lipinski definition) is 8. The molecular weight excluding hydrogens is 358 g/mol. The second kappa shape index (κ2) is 7.68. The van der Waals surface area contributed by atoms with Crippen LogP contribution in [0.4, 0.5) is 5.69 Å². The van der Waals surface area contributed by atoms with Crippen molar-refractivity contribution in [2.75, 3.05) is 14.2 Å². The van der Waals surface area contributed by atoms with E-state index >= 15 is 0 Å². The number of carbonyl (C=O) groups is 3. The standard InChI is InChI=1S/C17H17N3O7/c1-8-11(16(22)26-2)12(9-5-4-6-10(7-9)20(24)25)13(17(23)27-3)14(19-8)15(18)21/h4-7,12,19H,1-3H3,(H2,18,21). The zero-order chi connectivity index (χ0) is 20.3. The quantitative estimate of drug-likeness (QED) is 0.432. The number of ether oxygens (including phenoxy) is 2. The van der Waals surface area contributed by atoms with Crippen molar-refractivity contribution in [2.45, 2.75) is 12.8 Å². The van der Waals surface area contributed by atoms with Gasteiger partial charge in [0.05, 0.1) is 36.2 Å². The molecule has 0 radical (unpaired) electrons. The Hall–Kier alpha value is -3.69. The highest BCUT2D eigenvalue weighted by Crippen LogP contribution is 2.40. The maximum atomic E-state index is 12.4. The minimum Gasteiger partial charge on any atom is -0.466 e. The Bertz CT molecular complexity index is 902. The van der Waals surface area contributed by atoms with Crippen LogP contribution in [-0.4, -0.2) is 37.0 Å². The minimum atomic E-state index is -1.14. The summed E-state index contributed by atoms with van der Waals surface area (Å²) < 4.78 is 9.53. The third-order valence-electron chi connectivity index (χ3n) is 4.03.